The first-order valence-corrected chi connectivity index (χ1v) is 6.18. The number of nitrogens with two attached hydrogens (primary N) is 1. The molecule has 0 saturated heterocycles. The Kier molecular flexibility index (Phi) is 3.94. The second-order valence-corrected chi connectivity index (χ2v) is 4.37. The molecule has 0 amide bonds. The number of hydrogen-bond donors (Lipinski definition) is 1. The molecule has 88 valence electrons. The smallest absolute Gasteiger partial charge is 0.0241 e. The average molecular weight is 225 g/mol. The highest BCUT2D eigenvalue weighted by molar-refractivity contribution is 5.34. The summed E-state index contributed by atoms with van der Waals surface area (Å²) in [6, 6.07) is 21.2. The van der Waals surface area contributed by atoms with Crippen LogP contribution < -0.4 is 5.73 Å². The lowest BCUT2D eigenvalue weighted by molar-refractivity contribution is 0.576. The van der Waals surface area contributed by atoms with Gasteiger partial charge in [0.25, 0.3) is 0 Å². The van der Waals surface area contributed by atoms with Gasteiger partial charge in [-0.25, -0.2) is 0 Å². The summed E-state index contributed by atoms with van der Waals surface area (Å²) in [4.78, 5) is 0. The first-order valence-electron chi connectivity index (χ1n) is 6.18. The normalized spacial score (nSPS) is 12.6. The molecule has 0 unspecified atom stereocenters. The summed E-state index contributed by atoms with van der Waals surface area (Å²) in [7, 11) is 0. The molecule has 2 rings (SSSR count). The maximum atomic E-state index is 6.28. The lowest BCUT2D eigenvalue weighted by Crippen LogP contribution is -2.28. The lowest BCUT2D eigenvalue weighted by Gasteiger charge is -2.24. The highest BCUT2D eigenvalue weighted by atomic mass is 14.6. The van der Waals surface area contributed by atoms with Gasteiger partial charge in [0.15, 0.2) is 0 Å². The van der Waals surface area contributed by atoms with E-state index in [4.69, 9.17) is 5.73 Å². The van der Waals surface area contributed by atoms with E-state index in [-0.39, 0.29) is 6.04 Å². The van der Waals surface area contributed by atoms with Crippen LogP contribution in [0.25, 0.3) is 0 Å². The second-order valence-electron chi connectivity index (χ2n) is 4.37. The van der Waals surface area contributed by atoms with E-state index in [0.717, 1.165) is 6.42 Å². The Bertz CT molecular complexity index is 396. The Morgan fingerprint density at radius 1 is 0.824 bits per heavy atom. The van der Waals surface area contributed by atoms with Gasteiger partial charge in [0.1, 0.15) is 0 Å². The molecule has 17 heavy (non-hydrogen) atoms. The van der Waals surface area contributed by atoms with E-state index in [0.29, 0.717) is 5.92 Å². The van der Waals surface area contributed by atoms with Crippen molar-refractivity contribution in [1.82, 2.24) is 0 Å². The lowest BCUT2D eigenvalue weighted by atomic mass is 9.84. The molecule has 0 aliphatic heterocycles. The molecular weight excluding hydrogens is 206 g/mol. The topological polar surface area (TPSA) is 26.0 Å². The average Bonchev–Trinajstić information content (AvgIpc) is 2.41. The summed E-state index contributed by atoms with van der Waals surface area (Å²) in [5.41, 5.74) is 8.88. The first-order chi connectivity index (χ1) is 8.33. The van der Waals surface area contributed by atoms with E-state index in [2.05, 4.69) is 55.5 Å². The summed E-state index contributed by atoms with van der Waals surface area (Å²) >= 11 is 0. The Hall–Kier alpha value is -1.60. The second kappa shape index (κ2) is 5.65. The van der Waals surface area contributed by atoms with Crippen LogP contribution in [0, 0.1) is 0 Å². The van der Waals surface area contributed by atoms with Crippen molar-refractivity contribution in [2.45, 2.75) is 25.3 Å². The molecule has 0 spiro atoms. The van der Waals surface area contributed by atoms with Crippen LogP contribution in [-0.2, 0) is 0 Å². The van der Waals surface area contributed by atoms with Gasteiger partial charge < -0.3 is 5.73 Å². The monoisotopic (exact) mass is 225 g/mol. The minimum Gasteiger partial charge on any atom is -0.327 e. The van der Waals surface area contributed by atoms with Crippen molar-refractivity contribution in [2.75, 3.05) is 0 Å². The third-order valence-electron chi connectivity index (χ3n) is 3.22. The highest BCUT2D eigenvalue weighted by Gasteiger charge is 2.19. The quantitative estimate of drug-likeness (QED) is 0.846. The summed E-state index contributed by atoms with van der Waals surface area (Å²) < 4.78 is 0. The number of hydrogen-bond acceptors (Lipinski definition) is 1. The SMILES string of the molecule is CC[C@@H](N)C(c1ccccc1)c1ccccc1. The van der Waals surface area contributed by atoms with Crippen molar-refractivity contribution < 1.29 is 0 Å². The van der Waals surface area contributed by atoms with Crippen LogP contribution in [0.3, 0.4) is 0 Å². The van der Waals surface area contributed by atoms with Gasteiger partial charge >= 0.3 is 0 Å². The van der Waals surface area contributed by atoms with Crippen LogP contribution in [0.5, 0.6) is 0 Å². The van der Waals surface area contributed by atoms with Gasteiger partial charge in [-0.1, -0.05) is 67.6 Å². The zero-order valence-corrected chi connectivity index (χ0v) is 10.2. The fourth-order valence-corrected chi connectivity index (χ4v) is 2.24. The van der Waals surface area contributed by atoms with Crippen molar-refractivity contribution in [3.05, 3.63) is 71.8 Å². The van der Waals surface area contributed by atoms with Gasteiger partial charge in [-0.15, -0.1) is 0 Å². The van der Waals surface area contributed by atoms with Gasteiger partial charge in [0, 0.05) is 12.0 Å². The predicted octanol–water partition coefficient (Wildman–Crippen LogP) is 3.56. The van der Waals surface area contributed by atoms with Crippen molar-refractivity contribution in [3.63, 3.8) is 0 Å². The van der Waals surface area contributed by atoms with Crippen molar-refractivity contribution in [3.8, 4) is 0 Å². The zero-order chi connectivity index (χ0) is 12.1. The Morgan fingerprint density at radius 2 is 1.24 bits per heavy atom. The molecule has 1 nitrogen and oxygen atoms in total. The molecule has 0 radical (unpaired) electrons. The van der Waals surface area contributed by atoms with Crippen LogP contribution in [0.4, 0.5) is 0 Å². The fourth-order valence-electron chi connectivity index (χ4n) is 2.24. The molecule has 0 aliphatic carbocycles. The molecule has 1 atom stereocenters. The Balaban J connectivity index is 2.39. The van der Waals surface area contributed by atoms with Crippen LogP contribution in [-0.4, -0.2) is 6.04 Å². The molecule has 0 fully saturated rings. The highest BCUT2D eigenvalue weighted by Crippen LogP contribution is 2.28. The van der Waals surface area contributed by atoms with Gasteiger partial charge in [0.05, 0.1) is 0 Å². The summed E-state index contributed by atoms with van der Waals surface area (Å²) in [5, 5.41) is 0. The Morgan fingerprint density at radius 3 is 1.59 bits per heavy atom. The third-order valence-corrected chi connectivity index (χ3v) is 3.22. The van der Waals surface area contributed by atoms with Crippen LogP contribution in [0.15, 0.2) is 60.7 Å². The first kappa shape index (κ1) is 11.9. The molecule has 0 saturated carbocycles. The van der Waals surface area contributed by atoms with Crippen LogP contribution >= 0.6 is 0 Å². The number of benzene rings is 2. The molecule has 0 aliphatic rings. The van der Waals surface area contributed by atoms with E-state index < -0.39 is 0 Å². The van der Waals surface area contributed by atoms with Gasteiger partial charge in [0.2, 0.25) is 0 Å². The molecule has 2 N–H and O–H groups in total. The molecule has 0 aromatic heterocycles. The van der Waals surface area contributed by atoms with Crippen LogP contribution in [0.2, 0.25) is 0 Å². The maximum Gasteiger partial charge on any atom is 0.0241 e. The minimum absolute atomic E-state index is 0.166. The summed E-state index contributed by atoms with van der Waals surface area (Å²) in [6.07, 6.45) is 0.981. The van der Waals surface area contributed by atoms with Crippen molar-refractivity contribution >= 4 is 0 Å². The standard InChI is InChI=1S/C16H19N/c1-2-15(17)16(13-9-5-3-6-10-13)14-11-7-4-8-12-14/h3-12,15-16H,2,17H2,1H3/t15-/m1/s1. The fraction of sp³-hybridized carbons (Fsp3) is 0.250. The molecule has 2 aromatic rings. The van der Waals surface area contributed by atoms with E-state index in [1.165, 1.54) is 11.1 Å². The van der Waals surface area contributed by atoms with Crippen molar-refractivity contribution in [2.24, 2.45) is 5.73 Å². The molecule has 2 aromatic carbocycles. The van der Waals surface area contributed by atoms with Gasteiger partial charge in [-0.3, -0.25) is 0 Å². The Labute approximate surface area is 103 Å². The van der Waals surface area contributed by atoms with E-state index in [9.17, 15) is 0 Å². The minimum atomic E-state index is 0.166. The predicted molar refractivity (Wildman–Crippen MR) is 73.0 cm³/mol. The van der Waals surface area contributed by atoms with E-state index >= 15 is 0 Å². The van der Waals surface area contributed by atoms with Gasteiger partial charge in [-0.05, 0) is 17.5 Å². The molecule has 1 heteroatoms. The largest absolute Gasteiger partial charge is 0.327 e. The van der Waals surface area contributed by atoms with Gasteiger partial charge in [-0.2, -0.15) is 0 Å². The van der Waals surface area contributed by atoms with E-state index in [1.807, 2.05) is 12.1 Å². The van der Waals surface area contributed by atoms with Crippen LogP contribution in [0.1, 0.15) is 30.4 Å². The van der Waals surface area contributed by atoms with E-state index in [1.54, 1.807) is 0 Å². The summed E-state index contributed by atoms with van der Waals surface area (Å²) in [5.74, 6) is 0.294. The number of rotatable bonds is 4. The zero-order valence-electron chi connectivity index (χ0n) is 10.2. The van der Waals surface area contributed by atoms with Crippen molar-refractivity contribution in [1.29, 1.82) is 0 Å². The maximum absolute atomic E-state index is 6.28. The molecular formula is C16H19N. The molecule has 0 heterocycles. The summed E-state index contributed by atoms with van der Waals surface area (Å²) in [6.45, 7) is 2.14. The third kappa shape index (κ3) is 2.75. The molecule has 0 bridgehead atoms.